The van der Waals surface area contributed by atoms with E-state index in [-0.39, 0.29) is 0 Å². The molecule has 4 heteroatoms. The summed E-state index contributed by atoms with van der Waals surface area (Å²) in [5.74, 6) is -0.971. The molecule has 0 spiro atoms. The van der Waals surface area contributed by atoms with E-state index in [9.17, 15) is 8.78 Å². The first kappa shape index (κ1) is 12.5. The molecule has 0 aliphatic carbocycles. The van der Waals surface area contributed by atoms with E-state index in [1.807, 2.05) is 7.05 Å². The van der Waals surface area contributed by atoms with Gasteiger partial charge in [0, 0.05) is 24.2 Å². The molecule has 2 rings (SSSR count). The predicted octanol–water partition coefficient (Wildman–Crippen LogP) is 2.15. The molecule has 1 aliphatic rings. The van der Waals surface area contributed by atoms with Gasteiger partial charge in [0.2, 0.25) is 0 Å². The fourth-order valence-electron chi connectivity index (χ4n) is 2.30. The van der Waals surface area contributed by atoms with Crippen LogP contribution in [0.1, 0.15) is 18.4 Å². The van der Waals surface area contributed by atoms with Crippen LogP contribution in [0.2, 0.25) is 0 Å². The summed E-state index contributed by atoms with van der Waals surface area (Å²) < 4.78 is 26.3. The quantitative estimate of drug-likeness (QED) is 0.871. The van der Waals surface area contributed by atoms with Gasteiger partial charge in [-0.25, -0.2) is 8.78 Å². The third-order valence-corrected chi connectivity index (χ3v) is 3.37. The molecular formula is C13H18F2N2. The van der Waals surface area contributed by atoms with Gasteiger partial charge in [0.1, 0.15) is 11.6 Å². The van der Waals surface area contributed by atoms with E-state index in [0.29, 0.717) is 18.2 Å². The topological polar surface area (TPSA) is 15.3 Å². The van der Waals surface area contributed by atoms with Crippen molar-refractivity contribution in [2.45, 2.75) is 25.4 Å². The largest absolute Gasteiger partial charge is 0.317 e. The molecule has 0 unspecified atom stereocenters. The monoisotopic (exact) mass is 240 g/mol. The SMILES string of the molecule is CN(Cc1ccc(F)cc1F)C1CCNCC1. The zero-order chi connectivity index (χ0) is 12.3. The third kappa shape index (κ3) is 3.23. The van der Waals surface area contributed by atoms with Gasteiger partial charge in [0.25, 0.3) is 0 Å². The first-order valence-corrected chi connectivity index (χ1v) is 6.01. The molecule has 1 heterocycles. The van der Waals surface area contributed by atoms with Crippen molar-refractivity contribution >= 4 is 0 Å². The number of nitrogens with one attached hydrogen (secondary N) is 1. The van der Waals surface area contributed by atoms with Gasteiger partial charge in [0.15, 0.2) is 0 Å². The van der Waals surface area contributed by atoms with Crippen molar-refractivity contribution in [2.75, 3.05) is 20.1 Å². The second kappa shape index (κ2) is 5.56. The standard InChI is InChI=1S/C13H18F2N2/c1-17(12-4-6-16-7-5-12)9-10-2-3-11(14)8-13(10)15/h2-3,8,12,16H,4-7,9H2,1H3. The van der Waals surface area contributed by atoms with E-state index in [0.717, 1.165) is 32.0 Å². The molecule has 1 fully saturated rings. The van der Waals surface area contributed by atoms with Crippen LogP contribution in [0, 0.1) is 11.6 Å². The van der Waals surface area contributed by atoms with Crippen molar-refractivity contribution in [3.8, 4) is 0 Å². The molecule has 1 saturated heterocycles. The highest BCUT2D eigenvalue weighted by Gasteiger charge is 2.18. The van der Waals surface area contributed by atoms with Crippen molar-refractivity contribution in [3.63, 3.8) is 0 Å². The van der Waals surface area contributed by atoms with Gasteiger partial charge in [-0.1, -0.05) is 6.07 Å². The molecule has 0 aromatic heterocycles. The maximum absolute atomic E-state index is 13.5. The van der Waals surface area contributed by atoms with Crippen LogP contribution in [0.25, 0.3) is 0 Å². The Balaban J connectivity index is 1.99. The predicted molar refractivity (Wildman–Crippen MR) is 63.7 cm³/mol. The van der Waals surface area contributed by atoms with Gasteiger partial charge < -0.3 is 5.32 Å². The van der Waals surface area contributed by atoms with Crippen molar-refractivity contribution in [3.05, 3.63) is 35.4 Å². The smallest absolute Gasteiger partial charge is 0.130 e. The van der Waals surface area contributed by atoms with E-state index in [4.69, 9.17) is 0 Å². The normalized spacial score (nSPS) is 17.6. The second-order valence-electron chi connectivity index (χ2n) is 4.63. The minimum Gasteiger partial charge on any atom is -0.317 e. The summed E-state index contributed by atoms with van der Waals surface area (Å²) in [6, 6.07) is 4.28. The lowest BCUT2D eigenvalue weighted by atomic mass is 10.0. The van der Waals surface area contributed by atoms with E-state index in [2.05, 4.69) is 10.2 Å². The van der Waals surface area contributed by atoms with Crippen molar-refractivity contribution in [2.24, 2.45) is 0 Å². The summed E-state index contributed by atoms with van der Waals surface area (Å²) in [5, 5.41) is 3.30. The number of rotatable bonds is 3. The van der Waals surface area contributed by atoms with E-state index >= 15 is 0 Å². The molecule has 1 N–H and O–H groups in total. The second-order valence-corrected chi connectivity index (χ2v) is 4.63. The number of benzene rings is 1. The number of nitrogens with zero attached hydrogens (tertiary/aromatic N) is 1. The molecule has 1 aromatic carbocycles. The third-order valence-electron chi connectivity index (χ3n) is 3.37. The Hall–Kier alpha value is -1.00. The lowest BCUT2D eigenvalue weighted by Crippen LogP contribution is -2.40. The van der Waals surface area contributed by atoms with Crippen LogP contribution in [0.5, 0.6) is 0 Å². The number of hydrogen-bond acceptors (Lipinski definition) is 2. The average Bonchev–Trinajstić information content (AvgIpc) is 2.34. The van der Waals surface area contributed by atoms with E-state index < -0.39 is 11.6 Å². The van der Waals surface area contributed by atoms with Gasteiger partial charge in [0.05, 0.1) is 0 Å². The summed E-state index contributed by atoms with van der Waals surface area (Å²) in [7, 11) is 2.00. The van der Waals surface area contributed by atoms with Gasteiger partial charge in [-0.2, -0.15) is 0 Å². The Bertz CT molecular complexity index is 376. The first-order chi connectivity index (χ1) is 8.16. The number of halogens is 2. The molecule has 0 bridgehead atoms. The number of hydrogen-bond donors (Lipinski definition) is 1. The summed E-state index contributed by atoms with van der Waals surface area (Å²) in [4.78, 5) is 2.15. The Morgan fingerprint density at radius 3 is 2.65 bits per heavy atom. The Kier molecular flexibility index (Phi) is 4.07. The van der Waals surface area contributed by atoms with Gasteiger partial charge in [-0.3, -0.25) is 4.90 Å². The summed E-state index contributed by atoms with van der Waals surface area (Å²) in [6.07, 6.45) is 2.17. The first-order valence-electron chi connectivity index (χ1n) is 6.01. The molecule has 94 valence electrons. The zero-order valence-electron chi connectivity index (χ0n) is 10.0. The van der Waals surface area contributed by atoms with E-state index in [1.165, 1.54) is 12.1 Å². The van der Waals surface area contributed by atoms with Crippen LogP contribution in [-0.4, -0.2) is 31.1 Å². The van der Waals surface area contributed by atoms with Crippen LogP contribution < -0.4 is 5.32 Å². The Morgan fingerprint density at radius 2 is 2.00 bits per heavy atom. The Labute approximate surface area is 101 Å². The van der Waals surface area contributed by atoms with Crippen LogP contribution in [0.3, 0.4) is 0 Å². The molecular weight excluding hydrogens is 222 g/mol. The maximum Gasteiger partial charge on any atom is 0.130 e. The maximum atomic E-state index is 13.5. The van der Waals surface area contributed by atoms with Crippen LogP contribution in [-0.2, 0) is 6.54 Å². The molecule has 17 heavy (non-hydrogen) atoms. The summed E-state index contributed by atoms with van der Waals surface area (Å²) in [6.45, 7) is 2.57. The highest BCUT2D eigenvalue weighted by atomic mass is 19.1. The van der Waals surface area contributed by atoms with Crippen molar-refractivity contribution in [1.29, 1.82) is 0 Å². The van der Waals surface area contributed by atoms with Gasteiger partial charge in [-0.05, 0) is 39.0 Å². The summed E-state index contributed by atoms with van der Waals surface area (Å²) >= 11 is 0. The molecule has 0 amide bonds. The Morgan fingerprint density at radius 1 is 1.29 bits per heavy atom. The molecule has 0 radical (unpaired) electrons. The molecule has 2 nitrogen and oxygen atoms in total. The van der Waals surface area contributed by atoms with Crippen molar-refractivity contribution < 1.29 is 8.78 Å². The molecule has 1 aromatic rings. The van der Waals surface area contributed by atoms with Gasteiger partial charge in [-0.15, -0.1) is 0 Å². The highest BCUT2D eigenvalue weighted by molar-refractivity contribution is 5.18. The average molecular weight is 240 g/mol. The van der Waals surface area contributed by atoms with Crippen LogP contribution >= 0.6 is 0 Å². The highest BCUT2D eigenvalue weighted by Crippen LogP contribution is 2.16. The fourth-order valence-corrected chi connectivity index (χ4v) is 2.30. The number of piperidine rings is 1. The molecule has 0 atom stereocenters. The zero-order valence-corrected chi connectivity index (χ0v) is 10.0. The van der Waals surface area contributed by atoms with Crippen LogP contribution in [0.4, 0.5) is 8.78 Å². The van der Waals surface area contributed by atoms with Gasteiger partial charge >= 0.3 is 0 Å². The molecule has 1 aliphatic heterocycles. The minimum absolute atomic E-state index is 0.453. The minimum atomic E-state index is -0.518. The van der Waals surface area contributed by atoms with Crippen molar-refractivity contribution in [1.82, 2.24) is 10.2 Å². The van der Waals surface area contributed by atoms with Crippen LogP contribution in [0.15, 0.2) is 18.2 Å². The fraction of sp³-hybridized carbons (Fsp3) is 0.538. The molecule has 0 saturated carbocycles. The van der Waals surface area contributed by atoms with E-state index in [1.54, 1.807) is 0 Å². The lowest BCUT2D eigenvalue weighted by molar-refractivity contribution is 0.189. The lowest BCUT2D eigenvalue weighted by Gasteiger charge is -2.31. The summed E-state index contributed by atoms with van der Waals surface area (Å²) in [5.41, 5.74) is 0.562.